The second kappa shape index (κ2) is 13.9. The fourth-order valence-corrected chi connectivity index (χ4v) is 3.54. The molecule has 1 saturated carbocycles. The lowest BCUT2D eigenvalue weighted by atomic mass is 10.1. The number of carboxylic acid groups (broad SMARTS) is 1. The lowest BCUT2D eigenvalue weighted by Gasteiger charge is -2.24. The van der Waals surface area contributed by atoms with Crippen molar-refractivity contribution in [3.8, 4) is 0 Å². The van der Waals surface area contributed by atoms with Crippen LogP contribution in [0.4, 0.5) is 0 Å². The van der Waals surface area contributed by atoms with E-state index in [4.69, 9.17) is 16.6 Å². The van der Waals surface area contributed by atoms with Gasteiger partial charge in [0, 0.05) is 32.5 Å². The summed E-state index contributed by atoms with van der Waals surface area (Å²) >= 11 is 0. The molecular weight excluding hydrogens is 404 g/mol. The molecule has 1 rings (SSSR count). The number of unbranched alkanes of at least 4 members (excludes halogenated alkanes) is 3. The minimum absolute atomic E-state index is 0.0286. The summed E-state index contributed by atoms with van der Waals surface area (Å²) in [6.07, 6.45) is 4.94. The van der Waals surface area contributed by atoms with Gasteiger partial charge in [0.25, 0.3) is 0 Å². The first-order valence-electron chi connectivity index (χ1n) is 10.9. The molecule has 1 aliphatic carbocycles. The lowest BCUT2D eigenvalue weighted by Crippen LogP contribution is -2.54. The molecule has 0 radical (unpaired) electrons. The van der Waals surface area contributed by atoms with E-state index in [-0.39, 0.29) is 37.3 Å². The number of hydrogen-bond donors (Lipinski definition) is 6. The standard InChI is InChI=1S/C20H38N6O5/c1-3-4-5-6-7-17(27)23-16(11-22)20(31)24-15(14-8-13(14)10-21)9-18(28)25-26(2)12-19(29)30/h13-16H,3-12,21-22H2,1-2H3,(H,23,27)(H,24,31)(H,25,28)(H,29,30)/t13-,14-,15+,16-/m0/s1. The molecule has 31 heavy (non-hydrogen) atoms. The Labute approximate surface area is 183 Å². The Morgan fingerprint density at radius 3 is 2.35 bits per heavy atom. The largest absolute Gasteiger partial charge is 0.480 e. The van der Waals surface area contributed by atoms with E-state index in [1.807, 2.05) is 0 Å². The number of likely N-dealkylation sites (N-methyl/N-ethyl adjacent to an activating group) is 1. The molecule has 0 aromatic rings. The van der Waals surface area contributed by atoms with Crippen LogP contribution in [0.15, 0.2) is 0 Å². The maximum Gasteiger partial charge on any atom is 0.319 e. The fraction of sp³-hybridized carbons (Fsp3) is 0.800. The minimum atomic E-state index is -1.07. The normalized spacial score (nSPS) is 19.4. The van der Waals surface area contributed by atoms with Crippen LogP contribution in [0.2, 0.25) is 0 Å². The summed E-state index contributed by atoms with van der Waals surface area (Å²) in [5.74, 6) is -1.90. The van der Waals surface area contributed by atoms with Crippen LogP contribution in [0.25, 0.3) is 0 Å². The van der Waals surface area contributed by atoms with E-state index in [1.165, 1.54) is 7.05 Å². The maximum absolute atomic E-state index is 12.7. The van der Waals surface area contributed by atoms with E-state index in [1.54, 1.807) is 0 Å². The highest BCUT2D eigenvalue weighted by Gasteiger charge is 2.43. The van der Waals surface area contributed by atoms with Crippen molar-refractivity contribution in [1.82, 2.24) is 21.1 Å². The number of hydrogen-bond acceptors (Lipinski definition) is 7. The van der Waals surface area contributed by atoms with Gasteiger partial charge in [-0.15, -0.1) is 0 Å². The smallest absolute Gasteiger partial charge is 0.319 e. The van der Waals surface area contributed by atoms with Gasteiger partial charge in [0.2, 0.25) is 17.7 Å². The monoisotopic (exact) mass is 442 g/mol. The van der Waals surface area contributed by atoms with Gasteiger partial charge in [0.05, 0.1) is 0 Å². The first-order chi connectivity index (χ1) is 14.7. The zero-order chi connectivity index (χ0) is 23.4. The predicted octanol–water partition coefficient (Wildman–Crippen LogP) is -1.08. The summed E-state index contributed by atoms with van der Waals surface area (Å²) in [4.78, 5) is 47.9. The zero-order valence-corrected chi connectivity index (χ0v) is 18.6. The quantitative estimate of drug-likeness (QED) is 0.129. The Bertz CT molecular complexity index is 617. The van der Waals surface area contributed by atoms with Gasteiger partial charge < -0.3 is 27.2 Å². The van der Waals surface area contributed by atoms with E-state index in [2.05, 4.69) is 23.0 Å². The van der Waals surface area contributed by atoms with Gasteiger partial charge in [-0.1, -0.05) is 26.2 Å². The molecule has 1 aliphatic rings. The molecule has 11 heteroatoms. The Morgan fingerprint density at radius 1 is 1.10 bits per heavy atom. The van der Waals surface area contributed by atoms with E-state index in [0.717, 1.165) is 37.1 Å². The van der Waals surface area contributed by atoms with Gasteiger partial charge in [-0.05, 0) is 31.2 Å². The van der Waals surface area contributed by atoms with Gasteiger partial charge in [-0.3, -0.25) is 24.6 Å². The van der Waals surface area contributed by atoms with Crippen LogP contribution in [0.1, 0.15) is 51.9 Å². The topological polar surface area (TPSA) is 180 Å². The molecular formula is C20H38N6O5. The second-order valence-electron chi connectivity index (χ2n) is 8.17. The molecule has 0 heterocycles. The van der Waals surface area contributed by atoms with Gasteiger partial charge in [0.1, 0.15) is 12.6 Å². The Hall–Kier alpha value is -2.24. The van der Waals surface area contributed by atoms with E-state index in [0.29, 0.717) is 13.0 Å². The van der Waals surface area contributed by atoms with Crippen LogP contribution in [-0.2, 0) is 19.2 Å². The summed E-state index contributed by atoms with van der Waals surface area (Å²) in [5, 5.41) is 15.5. The molecule has 0 aromatic carbocycles. The van der Waals surface area contributed by atoms with Crippen molar-refractivity contribution >= 4 is 23.7 Å². The van der Waals surface area contributed by atoms with Crippen LogP contribution >= 0.6 is 0 Å². The van der Waals surface area contributed by atoms with Crippen LogP contribution < -0.4 is 27.5 Å². The van der Waals surface area contributed by atoms with Gasteiger partial charge in [0.15, 0.2) is 0 Å². The maximum atomic E-state index is 12.7. The number of hydrazine groups is 1. The second-order valence-corrected chi connectivity index (χ2v) is 8.17. The minimum Gasteiger partial charge on any atom is -0.480 e. The third-order valence-electron chi connectivity index (χ3n) is 5.36. The van der Waals surface area contributed by atoms with Crippen molar-refractivity contribution in [3.63, 3.8) is 0 Å². The van der Waals surface area contributed by atoms with Crippen molar-refractivity contribution in [3.05, 3.63) is 0 Å². The third-order valence-corrected chi connectivity index (χ3v) is 5.36. The molecule has 4 atom stereocenters. The highest BCUT2D eigenvalue weighted by atomic mass is 16.4. The average Bonchev–Trinajstić information content (AvgIpc) is 3.48. The van der Waals surface area contributed by atoms with E-state index >= 15 is 0 Å². The SMILES string of the molecule is CCCCCCC(=O)N[C@@H](CN)C(=O)N[C@H](CC(=O)NN(C)CC(=O)O)[C@H]1C[C@H]1CN. The van der Waals surface area contributed by atoms with Crippen LogP contribution in [0.3, 0.4) is 0 Å². The molecule has 0 saturated heterocycles. The van der Waals surface area contributed by atoms with E-state index < -0.39 is 29.9 Å². The molecule has 3 amide bonds. The summed E-state index contributed by atoms with van der Waals surface area (Å²) in [6, 6.07) is -1.36. The zero-order valence-electron chi connectivity index (χ0n) is 18.6. The van der Waals surface area contributed by atoms with Gasteiger partial charge in [-0.25, -0.2) is 5.01 Å². The Balaban J connectivity index is 2.62. The highest BCUT2D eigenvalue weighted by Crippen LogP contribution is 2.41. The number of carbonyl (C=O) groups is 4. The number of carbonyl (C=O) groups excluding carboxylic acids is 3. The number of nitrogens with zero attached hydrogens (tertiary/aromatic N) is 1. The average molecular weight is 443 g/mol. The lowest BCUT2D eigenvalue weighted by molar-refractivity contribution is -0.139. The Morgan fingerprint density at radius 2 is 1.81 bits per heavy atom. The van der Waals surface area contributed by atoms with Crippen molar-refractivity contribution in [2.75, 3.05) is 26.7 Å². The van der Waals surface area contributed by atoms with Crippen LogP contribution in [0, 0.1) is 11.8 Å². The molecule has 11 nitrogen and oxygen atoms in total. The highest BCUT2D eigenvalue weighted by molar-refractivity contribution is 5.88. The van der Waals surface area contributed by atoms with Crippen molar-refractivity contribution in [1.29, 1.82) is 0 Å². The first kappa shape index (κ1) is 26.8. The number of nitrogens with one attached hydrogen (secondary N) is 3. The molecule has 0 aromatic heterocycles. The summed E-state index contributed by atoms with van der Waals surface area (Å²) in [6.45, 7) is 2.13. The number of amides is 3. The number of aliphatic carboxylic acids is 1. The summed E-state index contributed by atoms with van der Waals surface area (Å²) < 4.78 is 0. The summed E-state index contributed by atoms with van der Waals surface area (Å²) in [5.41, 5.74) is 13.9. The fourth-order valence-electron chi connectivity index (χ4n) is 3.54. The van der Waals surface area contributed by atoms with Crippen LogP contribution in [0.5, 0.6) is 0 Å². The van der Waals surface area contributed by atoms with Gasteiger partial charge in [-0.2, -0.15) is 0 Å². The van der Waals surface area contributed by atoms with Gasteiger partial charge >= 0.3 is 5.97 Å². The number of nitrogens with two attached hydrogens (primary N) is 2. The molecule has 0 unspecified atom stereocenters. The summed E-state index contributed by atoms with van der Waals surface area (Å²) in [7, 11) is 1.44. The molecule has 0 bridgehead atoms. The number of carboxylic acids is 1. The first-order valence-corrected chi connectivity index (χ1v) is 10.9. The third kappa shape index (κ3) is 10.6. The Kier molecular flexibility index (Phi) is 12.1. The molecule has 1 fully saturated rings. The van der Waals surface area contributed by atoms with Crippen molar-refractivity contribution in [2.45, 2.75) is 64.0 Å². The van der Waals surface area contributed by atoms with E-state index in [9.17, 15) is 19.2 Å². The molecule has 8 N–H and O–H groups in total. The molecule has 0 spiro atoms. The molecule has 0 aliphatic heterocycles. The molecule has 178 valence electrons. The van der Waals surface area contributed by atoms with Crippen molar-refractivity contribution < 1.29 is 24.3 Å². The van der Waals surface area contributed by atoms with Crippen molar-refractivity contribution in [2.24, 2.45) is 23.3 Å². The number of rotatable bonds is 16. The van der Waals surface area contributed by atoms with Crippen LogP contribution in [-0.4, -0.2) is 72.6 Å². The predicted molar refractivity (Wildman–Crippen MR) is 115 cm³/mol.